The number of phenols is 1. The molecule has 2 rings (SSSR count). The molecule has 4 amide bonds. The largest absolute Gasteiger partial charge is 0.508 e. The van der Waals surface area contributed by atoms with Gasteiger partial charge in [-0.1, -0.05) is 24.1 Å². The smallest absolute Gasteiger partial charge is 0.305 e. The molecular weight excluding hydrogens is 710 g/mol. The number of ether oxygens (including phenoxy) is 1. The lowest BCUT2D eigenvalue weighted by molar-refractivity contribution is -0.141. The number of phenolic OH excluding ortho intramolecular Hbond substituents is 1. The zero-order valence-corrected chi connectivity index (χ0v) is 33.1. The highest BCUT2D eigenvalue weighted by molar-refractivity contribution is 7.98. The molecule has 0 aliphatic carbocycles. The van der Waals surface area contributed by atoms with Gasteiger partial charge < -0.3 is 42.3 Å². The number of unbranched alkanes of at least 4 members (excludes halogenated alkanes) is 2. The number of aryl methyl sites for hydroxylation is 5. The van der Waals surface area contributed by atoms with Gasteiger partial charge in [-0.2, -0.15) is 11.8 Å². The number of aromatic hydroxyl groups is 1. The minimum absolute atomic E-state index is 0. The van der Waals surface area contributed by atoms with Crippen LogP contribution < -0.4 is 22.1 Å². The zero-order valence-electron chi connectivity index (χ0n) is 31.4. The molecule has 0 bridgehead atoms. The van der Waals surface area contributed by atoms with E-state index in [0.29, 0.717) is 31.4 Å². The number of primary amides is 1. The fraction of sp³-hybridized carbons (Fsp3) is 0.541. The third-order valence-electron chi connectivity index (χ3n) is 8.87. The van der Waals surface area contributed by atoms with Crippen LogP contribution >= 0.6 is 24.2 Å². The highest BCUT2D eigenvalue weighted by Crippen LogP contribution is 2.23. The average Bonchev–Trinajstić information content (AvgIpc) is 3.04. The summed E-state index contributed by atoms with van der Waals surface area (Å²) in [4.78, 5) is 66.3. The first-order valence-corrected chi connectivity index (χ1v) is 18.3. The molecule has 0 saturated heterocycles. The Hall–Kier alpha value is -3.85. The van der Waals surface area contributed by atoms with Gasteiger partial charge in [0.25, 0.3) is 0 Å². The Labute approximate surface area is 318 Å². The van der Waals surface area contributed by atoms with Gasteiger partial charge in [0.1, 0.15) is 17.8 Å². The van der Waals surface area contributed by atoms with Crippen LogP contribution in [0.25, 0.3) is 0 Å². The summed E-state index contributed by atoms with van der Waals surface area (Å²) in [5.74, 6) is -1.87. The summed E-state index contributed by atoms with van der Waals surface area (Å²) in [6.07, 6.45) is 4.49. The van der Waals surface area contributed by atoms with Gasteiger partial charge in [0, 0.05) is 19.4 Å². The van der Waals surface area contributed by atoms with Crippen molar-refractivity contribution in [3.63, 3.8) is 0 Å². The van der Waals surface area contributed by atoms with E-state index in [1.807, 2.05) is 53.0 Å². The topological polar surface area (TPSA) is 226 Å². The molecule has 13 nitrogen and oxygen atoms in total. The van der Waals surface area contributed by atoms with E-state index >= 15 is 0 Å². The SMILES string of the molecule is COC(=O)CCCCCN(C(=O)CNC(=O)[C@@H](CCSC)NC(=O)[C@@H](N)Cc1c(C)cc(O)cc1C)[C@@H](Cc1c(C)cc(C)cc1C)C(N)=O.Cl.O. The number of hydrogen-bond acceptors (Lipinski definition) is 9. The standard InChI is InChI=1S/C37H55N5O7S.ClH.H2O/c1-22-15-23(2)29(24(3)16-22)20-32(35(39)46)42(13-10-8-9-11-34(45)49-6)33(44)21-40-37(48)31(12-14-50-7)41-36(47)30(38)19-28-25(4)17-27(43)18-26(28)5;;/h15-18,30-32,43H,8-14,19-21,38H2,1-7H3,(H2,39,46)(H,40,48)(H,41,47);1H;1H2/t30-,31+,32-;;/m0../s1. The average molecular weight is 768 g/mol. The number of benzene rings is 2. The number of amides is 4. The van der Waals surface area contributed by atoms with Crippen LogP contribution in [0.15, 0.2) is 24.3 Å². The van der Waals surface area contributed by atoms with Gasteiger partial charge in [-0.05, 0) is 118 Å². The van der Waals surface area contributed by atoms with E-state index in [9.17, 15) is 29.1 Å². The fourth-order valence-corrected chi connectivity index (χ4v) is 6.62. The van der Waals surface area contributed by atoms with Gasteiger partial charge in [0.2, 0.25) is 23.6 Å². The third kappa shape index (κ3) is 15.0. The van der Waals surface area contributed by atoms with Crippen molar-refractivity contribution >= 4 is 53.8 Å². The molecule has 52 heavy (non-hydrogen) atoms. The summed E-state index contributed by atoms with van der Waals surface area (Å²) in [5, 5.41) is 15.3. The molecule has 15 heteroatoms. The van der Waals surface area contributed by atoms with E-state index in [0.717, 1.165) is 38.9 Å². The lowest BCUT2D eigenvalue weighted by Crippen LogP contribution is -2.55. The third-order valence-corrected chi connectivity index (χ3v) is 9.51. The van der Waals surface area contributed by atoms with Crippen molar-refractivity contribution in [1.29, 1.82) is 0 Å². The van der Waals surface area contributed by atoms with Gasteiger partial charge in [-0.3, -0.25) is 24.0 Å². The summed E-state index contributed by atoms with van der Waals surface area (Å²) < 4.78 is 4.71. The number of thioether (sulfide) groups is 1. The molecule has 2 aromatic carbocycles. The number of halogens is 1. The van der Waals surface area contributed by atoms with Crippen LogP contribution in [0, 0.1) is 34.6 Å². The van der Waals surface area contributed by atoms with E-state index in [1.165, 1.54) is 23.8 Å². The Morgan fingerprint density at radius 1 is 0.885 bits per heavy atom. The molecule has 0 unspecified atom stereocenters. The molecule has 0 aliphatic heterocycles. The van der Waals surface area contributed by atoms with E-state index in [1.54, 1.807) is 12.1 Å². The second-order valence-corrected chi connectivity index (χ2v) is 13.9. The van der Waals surface area contributed by atoms with Crippen LogP contribution in [-0.2, 0) is 41.6 Å². The number of esters is 1. The number of rotatable bonds is 20. The van der Waals surface area contributed by atoms with Crippen LogP contribution in [0.4, 0.5) is 0 Å². The number of nitrogens with zero attached hydrogens (tertiary/aromatic N) is 1. The molecule has 0 saturated carbocycles. The predicted octanol–water partition coefficient (Wildman–Crippen LogP) is 2.41. The van der Waals surface area contributed by atoms with Gasteiger partial charge >= 0.3 is 5.97 Å². The number of hydrogen-bond donors (Lipinski definition) is 5. The van der Waals surface area contributed by atoms with Crippen LogP contribution in [0.1, 0.15) is 71.0 Å². The first-order valence-electron chi connectivity index (χ1n) is 16.9. The lowest BCUT2D eigenvalue weighted by atomic mass is 9.93. The molecule has 0 aliphatic rings. The maximum Gasteiger partial charge on any atom is 0.305 e. The molecule has 3 atom stereocenters. The van der Waals surface area contributed by atoms with Crippen molar-refractivity contribution in [2.24, 2.45) is 11.5 Å². The van der Waals surface area contributed by atoms with Gasteiger partial charge in [0.15, 0.2) is 0 Å². The summed E-state index contributed by atoms with van der Waals surface area (Å²) in [6.45, 7) is 9.32. The molecule has 0 aromatic heterocycles. The van der Waals surface area contributed by atoms with Gasteiger partial charge in [0.05, 0.1) is 19.7 Å². The monoisotopic (exact) mass is 767 g/mol. The zero-order chi connectivity index (χ0) is 37.5. The fourth-order valence-electron chi connectivity index (χ4n) is 6.15. The molecule has 2 aromatic rings. The van der Waals surface area contributed by atoms with Gasteiger partial charge in [-0.25, -0.2) is 0 Å². The Balaban J connectivity index is 0.0000130. The van der Waals surface area contributed by atoms with Crippen LogP contribution in [0.2, 0.25) is 0 Å². The minimum atomic E-state index is -0.975. The van der Waals surface area contributed by atoms with Crippen molar-refractivity contribution in [1.82, 2.24) is 15.5 Å². The Kier molecular flexibility index (Phi) is 21.9. The van der Waals surface area contributed by atoms with Crippen molar-refractivity contribution in [2.45, 2.75) is 97.7 Å². The van der Waals surface area contributed by atoms with Crippen molar-refractivity contribution in [2.75, 3.05) is 32.2 Å². The summed E-state index contributed by atoms with van der Waals surface area (Å²) in [6, 6.07) is 4.36. The number of nitrogens with two attached hydrogens (primary N) is 2. The van der Waals surface area contributed by atoms with E-state index < -0.39 is 48.3 Å². The minimum Gasteiger partial charge on any atom is -0.508 e. The van der Waals surface area contributed by atoms with E-state index in [-0.39, 0.29) is 55.4 Å². The molecule has 0 spiro atoms. The van der Waals surface area contributed by atoms with Gasteiger partial charge in [-0.15, -0.1) is 12.4 Å². The maximum atomic E-state index is 13.8. The molecule has 0 heterocycles. The van der Waals surface area contributed by atoms with Crippen molar-refractivity contribution in [3.05, 3.63) is 63.2 Å². The Morgan fingerprint density at radius 2 is 1.44 bits per heavy atom. The molecule has 9 N–H and O–H groups in total. The Morgan fingerprint density at radius 3 is 1.98 bits per heavy atom. The van der Waals surface area contributed by atoms with Crippen molar-refractivity contribution in [3.8, 4) is 5.75 Å². The summed E-state index contributed by atoms with van der Waals surface area (Å²) in [7, 11) is 1.33. The first-order chi connectivity index (χ1) is 23.6. The predicted molar refractivity (Wildman–Crippen MR) is 208 cm³/mol. The second-order valence-electron chi connectivity index (χ2n) is 12.9. The normalized spacial score (nSPS) is 12.3. The molecule has 292 valence electrons. The molecule has 0 radical (unpaired) electrons. The molecular formula is C37H58ClN5O8S. The quantitative estimate of drug-likeness (QED) is 0.0984. The number of carbonyl (C=O) groups excluding carboxylic acids is 5. The number of nitrogens with one attached hydrogen (secondary N) is 2. The lowest BCUT2D eigenvalue weighted by Gasteiger charge is -2.31. The second kappa shape index (κ2) is 23.7. The van der Waals surface area contributed by atoms with Crippen LogP contribution in [0.3, 0.4) is 0 Å². The Bertz CT molecular complexity index is 1480. The summed E-state index contributed by atoms with van der Waals surface area (Å²) >= 11 is 1.51. The highest BCUT2D eigenvalue weighted by Gasteiger charge is 2.31. The van der Waals surface area contributed by atoms with Crippen LogP contribution in [-0.4, -0.2) is 95.4 Å². The maximum absolute atomic E-state index is 13.8. The first kappa shape index (κ1) is 48.1. The van der Waals surface area contributed by atoms with Crippen LogP contribution in [0.5, 0.6) is 5.75 Å². The van der Waals surface area contributed by atoms with E-state index in [4.69, 9.17) is 16.2 Å². The van der Waals surface area contributed by atoms with Crippen molar-refractivity contribution < 1.29 is 39.3 Å². The van der Waals surface area contributed by atoms with E-state index in [2.05, 4.69) is 10.6 Å². The number of methoxy groups -OCH3 is 1. The summed E-state index contributed by atoms with van der Waals surface area (Å²) in [5.41, 5.74) is 18.6. The highest BCUT2D eigenvalue weighted by atomic mass is 35.5. The number of carbonyl (C=O) groups is 5. The molecule has 0 fully saturated rings.